The number of carbonyl (C=O) groups excluding carboxylic acids is 1. The van der Waals surface area contributed by atoms with Crippen molar-refractivity contribution in [3.63, 3.8) is 0 Å². The summed E-state index contributed by atoms with van der Waals surface area (Å²) in [6.45, 7) is 2.23. The number of anilines is 1. The number of fused-ring (bicyclic) bond motifs is 2. The Bertz CT molecular complexity index is 1400. The quantitative estimate of drug-likeness (QED) is 0.365. The van der Waals surface area contributed by atoms with Gasteiger partial charge in [-0.05, 0) is 48.9 Å². The first-order valence-electron chi connectivity index (χ1n) is 10.6. The second-order valence-corrected chi connectivity index (χ2v) is 9.69. The minimum Gasteiger partial charge on any atom is -0.312 e. The lowest BCUT2D eigenvalue weighted by atomic mass is 9.88. The summed E-state index contributed by atoms with van der Waals surface area (Å²) in [7, 11) is 0. The van der Waals surface area contributed by atoms with Crippen LogP contribution in [-0.4, -0.2) is 10.9 Å². The highest BCUT2D eigenvalue weighted by atomic mass is 35.5. The van der Waals surface area contributed by atoms with Gasteiger partial charge < -0.3 is 5.32 Å². The standard InChI is InChI=1S/C26H20ClN3OS/c1-15-10-11-17-20(14-28)26(32-24(17)12-15)30-25(31)19-13-23(18-7-2-4-8-21(18)27)29-22-9-5-3-6-16(19)22/h2-9,13,15H,10-12H2,1H3,(H,30,31). The first kappa shape index (κ1) is 20.7. The SMILES string of the molecule is CC1CCc2c(sc(NC(=O)c3cc(-c4ccccc4Cl)nc4ccccc34)c2C#N)C1. The van der Waals surface area contributed by atoms with E-state index in [1.54, 1.807) is 6.07 Å². The molecule has 0 fully saturated rings. The summed E-state index contributed by atoms with van der Waals surface area (Å²) in [5.74, 6) is 0.346. The Morgan fingerprint density at radius 1 is 1.22 bits per heavy atom. The van der Waals surface area contributed by atoms with Gasteiger partial charge in [-0.3, -0.25) is 4.79 Å². The zero-order valence-corrected chi connectivity index (χ0v) is 19.1. The Balaban J connectivity index is 1.59. The molecule has 1 N–H and O–H groups in total. The van der Waals surface area contributed by atoms with E-state index >= 15 is 0 Å². The Labute approximate surface area is 195 Å². The number of nitriles is 1. The number of hydrogen-bond donors (Lipinski definition) is 1. The van der Waals surface area contributed by atoms with Gasteiger partial charge >= 0.3 is 0 Å². The summed E-state index contributed by atoms with van der Waals surface area (Å²) in [6, 6.07) is 19.1. The van der Waals surface area contributed by atoms with Gasteiger partial charge in [-0.1, -0.05) is 54.9 Å². The van der Waals surface area contributed by atoms with Crippen LogP contribution in [0.5, 0.6) is 0 Å². The van der Waals surface area contributed by atoms with E-state index < -0.39 is 0 Å². The molecule has 5 rings (SSSR count). The van der Waals surface area contributed by atoms with Crippen molar-refractivity contribution >= 4 is 44.7 Å². The van der Waals surface area contributed by atoms with E-state index in [0.29, 0.717) is 32.8 Å². The molecule has 2 aromatic heterocycles. The molecule has 2 heterocycles. The molecule has 1 aliphatic rings. The first-order chi connectivity index (χ1) is 15.5. The van der Waals surface area contributed by atoms with Crippen LogP contribution in [0.1, 0.15) is 39.7 Å². The Morgan fingerprint density at radius 2 is 2.00 bits per heavy atom. The monoisotopic (exact) mass is 457 g/mol. The van der Waals surface area contributed by atoms with E-state index in [4.69, 9.17) is 16.6 Å². The van der Waals surface area contributed by atoms with Crippen molar-refractivity contribution in [2.75, 3.05) is 5.32 Å². The van der Waals surface area contributed by atoms with Gasteiger partial charge in [-0.25, -0.2) is 4.98 Å². The van der Waals surface area contributed by atoms with Crippen molar-refractivity contribution in [3.8, 4) is 17.3 Å². The Hall–Kier alpha value is -3.20. The van der Waals surface area contributed by atoms with Gasteiger partial charge in [0.05, 0.1) is 22.3 Å². The number of aromatic nitrogens is 1. The van der Waals surface area contributed by atoms with Crippen LogP contribution in [0.3, 0.4) is 0 Å². The molecule has 158 valence electrons. The van der Waals surface area contributed by atoms with E-state index in [9.17, 15) is 10.1 Å². The van der Waals surface area contributed by atoms with Crippen LogP contribution in [0.25, 0.3) is 22.2 Å². The zero-order chi connectivity index (χ0) is 22.2. The summed E-state index contributed by atoms with van der Waals surface area (Å²) in [5.41, 5.74) is 4.34. The number of benzene rings is 2. The third-order valence-electron chi connectivity index (χ3n) is 5.96. The van der Waals surface area contributed by atoms with Crippen LogP contribution < -0.4 is 5.32 Å². The van der Waals surface area contributed by atoms with Gasteiger partial charge in [0.15, 0.2) is 0 Å². The number of nitrogens with zero attached hydrogens (tertiary/aromatic N) is 2. The van der Waals surface area contributed by atoms with E-state index in [-0.39, 0.29) is 5.91 Å². The molecule has 0 saturated heterocycles. The van der Waals surface area contributed by atoms with Gasteiger partial charge in [-0.2, -0.15) is 5.26 Å². The number of nitrogens with one attached hydrogen (secondary N) is 1. The maximum atomic E-state index is 13.5. The molecule has 1 atom stereocenters. The molecule has 6 heteroatoms. The fraction of sp³-hybridized carbons (Fsp3) is 0.192. The molecule has 1 aliphatic carbocycles. The van der Waals surface area contributed by atoms with Gasteiger partial charge in [0.1, 0.15) is 11.1 Å². The highest BCUT2D eigenvalue weighted by Gasteiger charge is 2.25. The highest BCUT2D eigenvalue weighted by molar-refractivity contribution is 7.16. The summed E-state index contributed by atoms with van der Waals surface area (Å²) in [6.07, 6.45) is 2.92. The van der Waals surface area contributed by atoms with Crippen LogP contribution in [0.15, 0.2) is 54.6 Å². The van der Waals surface area contributed by atoms with Crippen LogP contribution in [0.4, 0.5) is 5.00 Å². The van der Waals surface area contributed by atoms with Crippen LogP contribution in [-0.2, 0) is 12.8 Å². The molecule has 32 heavy (non-hydrogen) atoms. The molecule has 0 spiro atoms. The maximum Gasteiger partial charge on any atom is 0.257 e. The van der Waals surface area contributed by atoms with E-state index in [1.165, 1.54) is 16.2 Å². The third kappa shape index (κ3) is 3.66. The van der Waals surface area contributed by atoms with Crippen molar-refractivity contribution in [3.05, 3.63) is 81.2 Å². The predicted octanol–water partition coefficient (Wildman–Crippen LogP) is 6.87. The number of halogens is 1. The number of pyridine rings is 1. The Kier molecular flexibility index (Phi) is 5.42. The van der Waals surface area contributed by atoms with E-state index in [2.05, 4.69) is 18.3 Å². The number of rotatable bonds is 3. The highest BCUT2D eigenvalue weighted by Crippen LogP contribution is 2.39. The van der Waals surface area contributed by atoms with Crippen molar-refractivity contribution in [2.24, 2.45) is 5.92 Å². The maximum absolute atomic E-state index is 13.5. The third-order valence-corrected chi connectivity index (χ3v) is 7.46. The van der Waals surface area contributed by atoms with Crippen molar-refractivity contribution < 1.29 is 4.79 Å². The number of amides is 1. The molecule has 0 bridgehead atoms. The van der Waals surface area contributed by atoms with Crippen molar-refractivity contribution in [2.45, 2.75) is 26.2 Å². The van der Waals surface area contributed by atoms with Crippen molar-refractivity contribution in [1.82, 2.24) is 4.98 Å². The number of hydrogen-bond acceptors (Lipinski definition) is 4. The van der Waals surface area contributed by atoms with Gasteiger partial charge in [-0.15, -0.1) is 11.3 Å². The molecule has 4 aromatic rings. The minimum atomic E-state index is -0.250. The van der Waals surface area contributed by atoms with Crippen LogP contribution in [0.2, 0.25) is 5.02 Å². The summed E-state index contributed by atoms with van der Waals surface area (Å²) in [4.78, 5) is 19.4. The lowest BCUT2D eigenvalue weighted by Gasteiger charge is -2.17. The first-order valence-corrected chi connectivity index (χ1v) is 11.7. The van der Waals surface area contributed by atoms with Gasteiger partial charge in [0.25, 0.3) is 5.91 Å². The van der Waals surface area contributed by atoms with Gasteiger partial charge in [0, 0.05) is 20.8 Å². The smallest absolute Gasteiger partial charge is 0.257 e. The van der Waals surface area contributed by atoms with Gasteiger partial charge in [0.2, 0.25) is 0 Å². The second-order valence-electron chi connectivity index (χ2n) is 8.17. The van der Waals surface area contributed by atoms with Crippen molar-refractivity contribution in [1.29, 1.82) is 5.26 Å². The molecule has 1 amide bonds. The molecule has 0 saturated carbocycles. The molecule has 0 radical (unpaired) electrons. The molecule has 0 aliphatic heterocycles. The summed E-state index contributed by atoms with van der Waals surface area (Å²) >= 11 is 7.94. The molecule has 4 nitrogen and oxygen atoms in total. The molecule has 2 aromatic carbocycles. The second kappa shape index (κ2) is 8.38. The number of carbonyl (C=O) groups is 1. The van der Waals surface area contributed by atoms with Crippen LogP contribution >= 0.6 is 22.9 Å². The number of thiophene rings is 1. The molecular formula is C26H20ClN3OS. The molecular weight excluding hydrogens is 438 g/mol. The zero-order valence-electron chi connectivity index (χ0n) is 17.5. The normalized spacial score (nSPS) is 15.2. The average Bonchev–Trinajstić information content (AvgIpc) is 3.14. The predicted molar refractivity (Wildman–Crippen MR) is 130 cm³/mol. The van der Waals surface area contributed by atoms with E-state index in [0.717, 1.165) is 41.3 Å². The van der Waals surface area contributed by atoms with Crippen LogP contribution in [0, 0.1) is 17.2 Å². The number of para-hydroxylation sites is 1. The lowest BCUT2D eigenvalue weighted by molar-refractivity contribution is 0.102. The Morgan fingerprint density at radius 3 is 2.81 bits per heavy atom. The fourth-order valence-corrected chi connectivity index (χ4v) is 5.89. The summed E-state index contributed by atoms with van der Waals surface area (Å²) < 4.78 is 0. The topological polar surface area (TPSA) is 65.8 Å². The largest absolute Gasteiger partial charge is 0.312 e. The molecule has 1 unspecified atom stereocenters. The average molecular weight is 458 g/mol. The summed E-state index contributed by atoms with van der Waals surface area (Å²) in [5, 5.41) is 14.8. The minimum absolute atomic E-state index is 0.250. The fourth-order valence-electron chi connectivity index (χ4n) is 4.30. The van der Waals surface area contributed by atoms with E-state index in [1.807, 2.05) is 48.5 Å². The lowest BCUT2D eigenvalue weighted by Crippen LogP contribution is -2.13.